The lowest BCUT2D eigenvalue weighted by Gasteiger charge is -2.06. The van der Waals surface area contributed by atoms with Gasteiger partial charge in [-0.15, -0.1) is 11.3 Å². The van der Waals surface area contributed by atoms with E-state index < -0.39 is 0 Å². The molecule has 1 aromatic carbocycles. The van der Waals surface area contributed by atoms with Gasteiger partial charge in [0.1, 0.15) is 21.5 Å². The van der Waals surface area contributed by atoms with Crippen LogP contribution in [-0.2, 0) is 4.74 Å². The van der Waals surface area contributed by atoms with E-state index in [1.807, 2.05) is 48.7 Å². The first kappa shape index (κ1) is 15.3. The fraction of sp³-hybridized carbons (Fsp3) is 0.222. The van der Waals surface area contributed by atoms with Crippen LogP contribution >= 0.6 is 11.3 Å². The Kier molecular flexibility index (Phi) is 3.93. The largest absolute Gasteiger partial charge is 0.462 e. The third-order valence-corrected chi connectivity index (χ3v) is 5.12. The first-order valence-corrected chi connectivity index (χ1v) is 8.18. The van der Waals surface area contributed by atoms with Crippen LogP contribution in [0.2, 0.25) is 0 Å². The van der Waals surface area contributed by atoms with Crippen LogP contribution in [0, 0.1) is 25.2 Å². The number of esters is 1. The Bertz CT molecular complexity index is 930. The molecular weight excluding hydrogens is 308 g/mol. The Labute approximate surface area is 138 Å². The highest BCUT2D eigenvalue weighted by Gasteiger charge is 2.24. The molecule has 0 radical (unpaired) electrons. The van der Waals surface area contributed by atoms with E-state index in [1.54, 1.807) is 6.92 Å². The van der Waals surface area contributed by atoms with Crippen LogP contribution in [0.25, 0.3) is 15.9 Å². The molecule has 0 unspecified atom stereocenters. The van der Waals surface area contributed by atoms with Crippen molar-refractivity contribution in [3.63, 3.8) is 0 Å². The Morgan fingerprint density at radius 3 is 2.57 bits per heavy atom. The Morgan fingerprint density at radius 1 is 1.26 bits per heavy atom. The van der Waals surface area contributed by atoms with Crippen LogP contribution in [0.4, 0.5) is 0 Å². The molecule has 0 amide bonds. The lowest BCUT2D eigenvalue weighted by molar-refractivity contribution is 0.0531. The molecule has 0 aliphatic carbocycles. The second kappa shape index (κ2) is 5.90. The minimum atomic E-state index is -0.302. The predicted octanol–water partition coefficient (Wildman–Crippen LogP) is 4.36. The number of carbonyl (C=O) groups excluding carboxylic acids is 1. The highest BCUT2D eigenvalue weighted by molar-refractivity contribution is 7.20. The van der Waals surface area contributed by atoms with E-state index in [0.29, 0.717) is 17.2 Å². The number of aromatic nitrogens is 1. The standard InChI is InChI=1S/C18H16N2O2S/c1-4-22-18(21)16-12(3)15-11(2)14(10-19)20(17(15)23-16)13-8-6-5-7-9-13/h5-9H,4H2,1-3H3. The van der Waals surface area contributed by atoms with Gasteiger partial charge in [0.05, 0.1) is 6.61 Å². The van der Waals surface area contributed by atoms with Crippen LogP contribution in [0.5, 0.6) is 0 Å². The highest BCUT2D eigenvalue weighted by Crippen LogP contribution is 2.38. The Morgan fingerprint density at radius 2 is 1.96 bits per heavy atom. The number of rotatable bonds is 3. The van der Waals surface area contributed by atoms with E-state index >= 15 is 0 Å². The van der Waals surface area contributed by atoms with Crippen molar-refractivity contribution < 1.29 is 9.53 Å². The first-order chi connectivity index (χ1) is 11.1. The lowest BCUT2D eigenvalue weighted by Crippen LogP contribution is -2.04. The van der Waals surface area contributed by atoms with Gasteiger partial charge in [-0.05, 0) is 44.0 Å². The average molecular weight is 324 g/mol. The Balaban J connectivity index is 2.34. The fourth-order valence-electron chi connectivity index (χ4n) is 2.83. The number of hydrogen-bond donors (Lipinski definition) is 0. The van der Waals surface area contributed by atoms with Crippen molar-refractivity contribution in [3.05, 3.63) is 52.0 Å². The summed E-state index contributed by atoms with van der Waals surface area (Å²) in [7, 11) is 0. The number of para-hydroxylation sites is 1. The minimum Gasteiger partial charge on any atom is -0.462 e. The number of thiophene rings is 1. The molecule has 0 fully saturated rings. The summed E-state index contributed by atoms with van der Waals surface area (Å²) in [5, 5.41) is 10.5. The monoisotopic (exact) mass is 324 g/mol. The summed E-state index contributed by atoms with van der Waals surface area (Å²) in [5.74, 6) is -0.302. The summed E-state index contributed by atoms with van der Waals surface area (Å²) >= 11 is 1.38. The van der Waals surface area contributed by atoms with Gasteiger partial charge in [-0.3, -0.25) is 4.57 Å². The summed E-state index contributed by atoms with van der Waals surface area (Å²) in [6, 6.07) is 12.0. The van der Waals surface area contributed by atoms with Crippen LogP contribution in [0.1, 0.15) is 33.4 Å². The number of hydrogen-bond acceptors (Lipinski definition) is 4. The normalized spacial score (nSPS) is 10.7. The summed E-state index contributed by atoms with van der Waals surface area (Å²) < 4.78 is 7.07. The van der Waals surface area contributed by atoms with Gasteiger partial charge in [-0.2, -0.15) is 5.26 Å². The van der Waals surface area contributed by atoms with Gasteiger partial charge in [0.2, 0.25) is 0 Å². The van der Waals surface area contributed by atoms with Gasteiger partial charge >= 0.3 is 5.97 Å². The highest BCUT2D eigenvalue weighted by atomic mass is 32.1. The van der Waals surface area contributed by atoms with Gasteiger partial charge in [0.25, 0.3) is 0 Å². The molecule has 0 saturated carbocycles. The zero-order chi connectivity index (χ0) is 16.6. The molecule has 2 aromatic heterocycles. The topological polar surface area (TPSA) is 55.0 Å². The second-order valence-corrected chi connectivity index (χ2v) is 6.21. The molecule has 5 heteroatoms. The first-order valence-electron chi connectivity index (χ1n) is 7.37. The van der Waals surface area contributed by atoms with Crippen LogP contribution in [-0.4, -0.2) is 17.1 Å². The van der Waals surface area contributed by atoms with E-state index in [1.165, 1.54) is 11.3 Å². The van der Waals surface area contributed by atoms with Crippen molar-refractivity contribution in [2.75, 3.05) is 6.61 Å². The quantitative estimate of drug-likeness (QED) is 0.673. The summed E-state index contributed by atoms with van der Waals surface area (Å²) in [6.07, 6.45) is 0. The Hall–Kier alpha value is -2.58. The number of fused-ring (bicyclic) bond motifs is 1. The molecule has 3 aromatic rings. The maximum Gasteiger partial charge on any atom is 0.348 e. The van der Waals surface area contributed by atoms with Crippen molar-refractivity contribution in [1.82, 2.24) is 4.57 Å². The molecule has 0 N–H and O–H groups in total. The van der Waals surface area contributed by atoms with E-state index in [9.17, 15) is 10.1 Å². The molecule has 3 rings (SSSR count). The summed E-state index contributed by atoms with van der Waals surface area (Å²) in [4.78, 5) is 13.7. The second-order valence-electron chi connectivity index (χ2n) is 5.21. The molecule has 0 aliphatic heterocycles. The van der Waals surface area contributed by atoms with Gasteiger partial charge < -0.3 is 4.74 Å². The maximum atomic E-state index is 12.2. The summed E-state index contributed by atoms with van der Waals surface area (Å²) in [6.45, 7) is 5.98. The zero-order valence-corrected chi connectivity index (χ0v) is 14.0. The van der Waals surface area contributed by atoms with Crippen LogP contribution in [0.3, 0.4) is 0 Å². The van der Waals surface area contributed by atoms with E-state index in [2.05, 4.69) is 6.07 Å². The molecule has 0 saturated heterocycles. The van der Waals surface area contributed by atoms with Crippen molar-refractivity contribution in [2.45, 2.75) is 20.8 Å². The SMILES string of the molecule is CCOC(=O)c1sc2c(c1C)c(C)c(C#N)n2-c1ccccc1. The van der Waals surface area contributed by atoms with Gasteiger partial charge in [-0.1, -0.05) is 18.2 Å². The van der Waals surface area contributed by atoms with E-state index in [4.69, 9.17) is 4.74 Å². The number of nitrogens with zero attached hydrogens (tertiary/aromatic N) is 2. The maximum absolute atomic E-state index is 12.2. The molecular formula is C18H16N2O2S. The molecule has 0 atom stereocenters. The van der Waals surface area contributed by atoms with E-state index in [-0.39, 0.29) is 5.97 Å². The summed E-state index contributed by atoms with van der Waals surface area (Å²) in [5.41, 5.74) is 3.30. The molecule has 23 heavy (non-hydrogen) atoms. The number of nitriles is 1. The van der Waals surface area contributed by atoms with Gasteiger partial charge in [-0.25, -0.2) is 4.79 Å². The van der Waals surface area contributed by atoms with Crippen molar-refractivity contribution in [2.24, 2.45) is 0 Å². The smallest absolute Gasteiger partial charge is 0.348 e. The van der Waals surface area contributed by atoms with Crippen molar-refractivity contribution >= 4 is 27.5 Å². The minimum absolute atomic E-state index is 0.302. The number of carbonyl (C=O) groups is 1. The third-order valence-electron chi connectivity index (χ3n) is 3.87. The number of ether oxygens (including phenoxy) is 1. The number of benzene rings is 1. The molecule has 4 nitrogen and oxygen atoms in total. The molecule has 0 aliphatic rings. The predicted molar refractivity (Wildman–Crippen MR) is 91.3 cm³/mol. The van der Waals surface area contributed by atoms with Crippen molar-refractivity contribution in [1.29, 1.82) is 5.26 Å². The zero-order valence-electron chi connectivity index (χ0n) is 13.2. The molecule has 0 spiro atoms. The van der Waals surface area contributed by atoms with E-state index in [0.717, 1.165) is 27.0 Å². The average Bonchev–Trinajstić information content (AvgIpc) is 3.03. The van der Waals surface area contributed by atoms with Gasteiger partial charge in [0.15, 0.2) is 0 Å². The molecule has 116 valence electrons. The third kappa shape index (κ3) is 2.32. The van der Waals surface area contributed by atoms with Crippen LogP contribution in [0.15, 0.2) is 30.3 Å². The van der Waals surface area contributed by atoms with Crippen molar-refractivity contribution in [3.8, 4) is 11.8 Å². The fourth-order valence-corrected chi connectivity index (χ4v) is 4.12. The van der Waals surface area contributed by atoms with Gasteiger partial charge in [0, 0.05) is 11.1 Å². The lowest BCUT2D eigenvalue weighted by atomic mass is 10.1. The number of aryl methyl sites for hydroxylation is 2. The van der Waals surface area contributed by atoms with Crippen LogP contribution < -0.4 is 0 Å². The molecule has 2 heterocycles. The molecule has 0 bridgehead atoms.